The largest absolute Gasteiger partial charge is 0.376 e. The van der Waals surface area contributed by atoms with E-state index in [0.29, 0.717) is 12.3 Å². The topological polar surface area (TPSA) is 107 Å². The molecule has 0 bridgehead atoms. The van der Waals surface area contributed by atoms with Crippen LogP contribution in [0.25, 0.3) is 16.7 Å². The summed E-state index contributed by atoms with van der Waals surface area (Å²) in [6.45, 7) is 0.875. The zero-order valence-corrected chi connectivity index (χ0v) is 17.4. The number of fused-ring (bicyclic) bond motifs is 2. The van der Waals surface area contributed by atoms with Gasteiger partial charge in [-0.05, 0) is 43.2 Å². The summed E-state index contributed by atoms with van der Waals surface area (Å²) in [6, 6.07) is 14.4. The zero-order chi connectivity index (χ0) is 21.6. The molecular formula is C22H20N4O4S. The molecule has 1 atom stereocenters. The van der Waals surface area contributed by atoms with Crippen LogP contribution in [0.15, 0.2) is 75.4 Å². The van der Waals surface area contributed by atoms with Gasteiger partial charge in [0.05, 0.1) is 22.9 Å². The highest BCUT2D eigenvalue weighted by atomic mass is 32.2. The van der Waals surface area contributed by atoms with Crippen LogP contribution in [0.3, 0.4) is 0 Å². The van der Waals surface area contributed by atoms with E-state index < -0.39 is 9.84 Å². The minimum Gasteiger partial charge on any atom is -0.376 e. The van der Waals surface area contributed by atoms with Crippen LogP contribution in [0.5, 0.6) is 0 Å². The van der Waals surface area contributed by atoms with E-state index in [0.717, 1.165) is 12.8 Å². The van der Waals surface area contributed by atoms with Gasteiger partial charge >= 0.3 is 0 Å². The summed E-state index contributed by atoms with van der Waals surface area (Å²) in [5.74, 6) is 0. The fourth-order valence-electron chi connectivity index (χ4n) is 3.96. The molecule has 1 fully saturated rings. The van der Waals surface area contributed by atoms with Gasteiger partial charge in [0.15, 0.2) is 0 Å². The molecule has 5 rings (SSSR count). The Morgan fingerprint density at radius 2 is 1.90 bits per heavy atom. The first-order valence-corrected chi connectivity index (χ1v) is 11.5. The Hall–Kier alpha value is -3.30. The van der Waals surface area contributed by atoms with Crippen LogP contribution < -0.4 is 11.0 Å². The van der Waals surface area contributed by atoms with Crippen molar-refractivity contribution in [3.63, 3.8) is 0 Å². The average molecular weight is 436 g/mol. The standard InChI is InChI=1S/C22H20N4O4S/c23-20-18(31(28,29)16-8-2-1-3-9-16)13-17-21(26(20)14-15-7-6-12-30-15)24-19-10-4-5-11-25(19)22(17)27/h1-5,8-11,13,15,23H,6-7,12,14H2/t15-/m1/s1. The second-order valence-corrected chi connectivity index (χ2v) is 9.42. The molecule has 0 unspecified atom stereocenters. The highest BCUT2D eigenvalue weighted by Gasteiger charge is 2.26. The van der Waals surface area contributed by atoms with Crippen LogP contribution in [0.2, 0.25) is 0 Å². The predicted octanol–water partition coefficient (Wildman–Crippen LogP) is 2.14. The summed E-state index contributed by atoms with van der Waals surface area (Å²) >= 11 is 0. The van der Waals surface area contributed by atoms with Gasteiger partial charge in [-0.15, -0.1) is 0 Å². The summed E-state index contributed by atoms with van der Waals surface area (Å²) < 4.78 is 35.3. The molecule has 1 aliphatic heterocycles. The van der Waals surface area contributed by atoms with E-state index in [1.54, 1.807) is 42.6 Å². The van der Waals surface area contributed by atoms with Gasteiger partial charge in [0.25, 0.3) is 5.56 Å². The number of benzene rings is 1. The third-order valence-corrected chi connectivity index (χ3v) is 7.32. The maximum atomic E-state index is 13.4. The molecule has 8 nitrogen and oxygen atoms in total. The fourth-order valence-corrected chi connectivity index (χ4v) is 5.37. The van der Waals surface area contributed by atoms with Crippen molar-refractivity contribution in [2.24, 2.45) is 0 Å². The lowest BCUT2D eigenvalue weighted by Gasteiger charge is -2.17. The molecule has 1 aliphatic rings. The molecule has 0 radical (unpaired) electrons. The second kappa shape index (κ2) is 7.44. The van der Waals surface area contributed by atoms with E-state index in [1.165, 1.54) is 27.2 Å². The van der Waals surface area contributed by atoms with Gasteiger partial charge in [-0.25, -0.2) is 13.4 Å². The number of nitrogens with zero attached hydrogens (tertiary/aromatic N) is 3. The Morgan fingerprint density at radius 3 is 2.65 bits per heavy atom. The normalized spacial score (nSPS) is 16.8. The lowest BCUT2D eigenvalue weighted by atomic mass is 10.2. The summed E-state index contributed by atoms with van der Waals surface area (Å²) in [5.41, 5.74) is 0.119. The SMILES string of the molecule is N=c1c(S(=O)(=O)c2ccccc2)cc2c(=O)n3ccccc3nc2n1C[C@H]1CCCO1. The van der Waals surface area contributed by atoms with Crippen LogP contribution >= 0.6 is 0 Å². The molecule has 31 heavy (non-hydrogen) atoms. The molecule has 0 amide bonds. The van der Waals surface area contributed by atoms with Crippen molar-refractivity contribution in [1.82, 2.24) is 14.0 Å². The Morgan fingerprint density at radius 1 is 1.13 bits per heavy atom. The number of sulfone groups is 1. The lowest BCUT2D eigenvalue weighted by molar-refractivity contribution is 0.0965. The molecule has 4 heterocycles. The van der Waals surface area contributed by atoms with Crippen molar-refractivity contribution in [3.8, 4) is 0 Å². The molecule has 4 aromatic rings. The first-order chi connectivity index (χ1) is 15.0. The maximum Gasteiger partial charge on any atom is 0.267 e. The van der Waals surface area contributed by atoms with Gasteiger partial charge in [0.2, 0.25) is 9.84 Å². The van der Waals surface area contributed by atoms with Crippen LogP contribution in [-0.4, -0.2) is 35.1 Å². The summed E-state index contributed by atoms with van der Waals surface area (Å²) in [4.78, 5) is 17.7. The van der Waals surface area contributed by atoms with Gasteiger partial charge in [-0.2, -0.15) is 0 Å². The van der Waals surface area contributed by atoms with E-state index >= 15 is 0 Å². The Labute approximate surface area is 177 Å². The van der Waals surface area contributed by atoms with Crippen LogP contribution in [-0.2, 0) is 21.1 Å². The number of ether oxygens (including phenoxy) is 1. The van der Waals surface area contributed by atoms with Crippen molar-refractivity contribution >= 4 is 26.5 Å². The van der Waals surface area contributed by atoms with Crippen molar-refractivity contribution in [2.75, 3.05) is 6.61 Å². The van der Waals surface area contributed by atoms with Gasteiger partial charge in [-0.3, -0.25) is 14.6 Å². The van der Waals surface area contributed by atoms with Gasteiger partial charge in [0.1, 0.15) is 21.7 Å². The average Bonchev–Trinajstić information content (AvgIpc) is 3.30. The molecule has 0 aliphatic carbocycles. The van der Waals surface area contributed by atoms with Crippen molar-refractivity contribution in [1.29, 1.82) is 5.41 Å². The Kier molecular flexibility index (Phi) is 4.71. The smallest absolute Gasteiger partial charge is 0.267 e. The van der Waals surface area contributed by atoms with E-state index in [2.05, 4.69) is 4.98 Å². The Balaban J connectivity index is 1.86. The minimum atomic E-state index is -4.01. The van der Waals surface area contributed by atoms with Crippen molar-refractivity contribution in [2.45, 2.75) is 35.3 Å². The Bertz CT molecular complexity index is 1520. The quantitative estimate of drug-likeness (QED) is 0.493. The highest BCUT2D eigenvalue weighted by Crippen LogP contribution is 2.22. The molecule has 0 saturated carbocycles. The monoisotopic (exact) mass is 436 g/mol. The minimum absolute atomic E-state index is 0.0698. The van der Waals surface area contributed by atoms with E-state index in [1.807, 2.05) is 0 Å². The number of rotatable bonds is 4. The molecule has 1 aromatic carbocycles. The summed E-state index contributed by atoms with van der Waals surface area (Å²) in [7, 11) is -4.01. The van der Waals surface area contributed by atoms with Crippen LogP contribution in [0, 0.1) is 5.41 Å². The highest BCUT2D eigenvalue weighted by molar-refractivity contribution is 7.91. The van der Waals surface area contributed by atoms with Gasteiger partial charge in [-0.1, -0.05) is 24.3 Å². The number of nitrogens with one attached hydrogen (secondary N) is 1. The van der Waals surface area contributed by atoms with Gasteiger partial charge < -0.3 is 9.30 Å². The summed E-state index contributed by atoms with van der Waals surface area (Å²) in [6.07, 6.45) is 3.13. The van der Waals surface area contributed by atoms with Crippen molar-refractivity contribution < 1.29 is 13.2 Å². The van der Waals surface area contributed by atoms with E-state index in [-0.39, 0.29) is 44.5 Å². The third-order valence-electron chi connectivity index (χ3n) is 5.54. The third kappa shape index (κ3) is 3.26. The molecular weight excluding hydrogens is 416 g/mol. The molecule has 1 N–H and O–H groups in total. The second-order valence-electron chi connectivity index (χ2n) is 7.50. The molecule has 9 heteroatoms. The maximum absolute atomic E-state index is 13.4. The number of aromatic nitrogens is 3. The first-order valence-electron chi connectivity index (χ1n) is 9.98. The van der Waals surface area contributed by atoms with Crippen molar-refractivity contribution in [3.05, 3.63) is 76.6 Å². The number of pyridine rings is 2. The number of hydrogen-bond donors (Lipinski definition) is 1. The molecule has 3 aromatic heterocycles. The van der Waals surface area contributed by atoms with E-state index in [9.17, 15) is 13.2 Å². The van der Waals surface area contributed by atoms with Gasteiger partial charge in [0, 0.05) is 12.8 Å². The van der Waals surface area contributed by atoms with Crippen LogP contribution in [0.1, 0.15) is 12.8 Å². The molecule has 1 saturated heterocycles. The molecule has 0 spiro atoms. The fraction of sp³-hybridized carbons (Fsp3) is 0.227. The van der Waals surface area contributed by atoms with E-state index in [4.69, 9.17) is 10.1 Å². The lowest BCUT2D eigenvalue weighted by Crippen LogP contribution is -2.33. The predicted molar refractivity (Wildman–Crippen MR) is 114 cm³/mol. The molecule has 158 valence electrons. The first kappa shape index (κ1) is 19.7. The number of hydrogen-bond acceptors (Lipinski definition) is 6. The van der Waals surface area contributed by atoms with Crippen LogP contribution in [0.4, 0.5) is 0 Å². The summed E-state index contributed by atoms with van der Waals surface area (Å²) in [5, 5.41) is 8.90. The zero-order valence-electron chi connectivity index (χ0n) is 16.6.